The van der Waals surface area contributed by atoms with Crippen LogP contribution < -0.4 is 0 Å². The minimum atomic E-state index is -0.221. The second kappa shape index (κ2) is 6.57. The molecular weight excluding hydrogens is 298 g/mol. The van der Waals surface area contributed by atoms with Crippen LogP contribution in [0.25, 0.3) is 0 Å². The van der Waals surface area contributed by atoms with E-state index in [1.807, 2.05) is 0 Å². The molecule has 3 aliphatic rings. The number of hydrogen-bond donors (Lipinski definition) is 0. The number of rotatable bonds is 3. The van der Waals surface area contributed by atoms with E-state index < -0.39 is 0 Å². The summed E-state index contributed by atoms with van der Waals surface area (Å²) in [7, 11) is 0. The molecule has 0 bridgehead atoms. The van der Waals surface area contributed by atoms with E-state index in [1.165, 1.54) is 24.3 Å². The molecule has 1 aromatic rings. The van der Waals surface area contributed by atoms with Crippen LogP contribution in [0.4, 0.5) is 0 Å². The largest absolute Gasteiger partial charge is 0.370 e. The summed E-state index contributed by atoms with van der Waals surface area (Å²) in [6.07, 6.45) is 4.85. The second-order valence-electron chi connectivity index (χ2n) is 6.69. The lowest BCUT2D eigenvalue weighted by molar-refractivity contribution is -0.183. The summed E-state index contributed by atoms with van der Waals surface area (Å²) < 4.78 is 17.6. The maximum atomic E-state index is 5.95. The molecular formula is C17H25NO3S. The predicted molar refractivity (Wildman–Crippen MR) is 86.0 cm³/mol. The molecule has 2 aliphatic heterocycles. The van der Waals surface area contributed by atoms with E-state index in [9.17, 15) is 0 Å². The molecule has 2 saturated heterocycles. The van der Waals surface area contributed by atoms with Crippen LogP contribution >= 0.6 is 11.3 Å². The molecule has 122 valence electrons. The van der Waals surface area contributed by atoms with Crippen molar-refractivity contribution < 1.29 is 14.2 Å². The number of hydrogen-bond acceptors (Lipinski definition) is 5. The van der Waals surface area contributed by atoms with Crippen LogP contribution in [0.2, 0.25) is 0 Å². The van der Waals surface area contributed by atoms with E-state index in [-0.39, 0.29) is 11.9 Å². The number of morpholine rings is 1. The summed E-state index contributed by atoms with van der Waals surface area (Å²) in [5.74, 6) is 0.557. The zero-order chi connectivity index (χ0) is 14.8. The quantitative estimate of drug-likeness (QED) is 0.855. The standard InChI is InChI=1S/C17H25NO3S/c1-2-16(22-11-1)15-13-18(7-8-19-15)12-14-3-5-17(6-4-14)20-9-10-21-17/h1-2,11,14-15H,3-10,12-13H2/t15-/m0/s1. The van der Waals surface area contributed by atoms with E-state index in [1.54, 1.807) is 11.3 Å². The molecule has 0 amide bonds. The lowest BCUT2D eigenvalue weighted by atomic mass is 9.84. The van der Waals surface area contributed by atoms with E-state index in [2.05, 4.69) is 22.4 Å². The Morgan fingerprint density at radius 1 is 1.18 bits per heavy atom. The van der Waals surface area contributed by atoms with Crippen molar-refractivity contribution in [3.63, 3.8) is 0 Å². The van der Waals surface area contributed by atoms with E-state index in [4.69, 9.17) is 14.2 Å². The van der Waals surface area contributed by atoms with Crippen molar-refractivity contribution in [3.05, 3.63) is 22.4 Å². The summed E-state index contributed by atoms with van der Waals surface area (Å²) in [6.45, 7) is 5.70. The van der Waals surface area contributed by atoms with Crippen molar-refractivity contribution >= 4 is 11.3 Å². The first-order chi connectivity index (χ1) is 10.8. The van der Waals surface area contributed by atoms with Crippen molar-refractivity contribution in [2.45, 2.75) is 37.6 Å². The molecule has 4 nitrogen and oxygen atoms in total. The van der Waals surface area contributed by atoms with Gasteiger partial charge in [-0.2, -0.15) is 0 Å². The normalized spacial score (nSPS) is 30.1. The van der Waals surface area contributed by atoms with E-state index >= 15 is 0 Å². The highest BCUT2D eigenvalue weighted by atomic mass is 32.1. The molecule has 22 heavy (non-hydrogen) atoms. The first-order valence-electron chi connectivity index (χ1n) is 8.48. The number of ether oxygens (including phenoxy) is 3. The molecule has 1 saturated carbocycles. The Morgan fingerprint density at radius 3 is 2.73 bits per heavy atom. The Kier molecular flexibility index (Phi) is 4.51. The summed E-state index contributed by atoms with van der Waals surface area (Å²) in [4.78, 5) is 3.95. The summed E-state index contributed by atoms with van der Waals surface area (Å²) in [5.41, 5.74) is 0. The average Bonchev–Trinajstić information content (AvgIpc) is 3.23. The van der Waals surface area contributed by atoms with Crippen molar-refractivity contribution in [2.75, 3.05) is 39.5 Å². The predicted octanol–water partition coefficient (Wildman–Crippen LogP) is 3.05. The summed E-state index contributed by atoms with van der Waals surface area (Å²) in [6, 6.07) is 4.31. The summed E-state index contributed by atoms with van der Waals surface area (Å²) >= 11 is 1.81. The molecule has 1 aliphatic carbocycles. The van der Waals surface area contributed by atoms with Crippen LogP contribution in [-0.2, 0) is 14.2 Å². The fraction of sp³-hybridized carbons (Fsp3) is 0.765. The van der Waals surface area contributed by atoms with Gasteiger partial charge in [-0.25, -0.2) is 0 Å². The highest BCUT2D eigenvalue weighted by Gasteiger charge is 2.40. The minimum Gasteiger partial charge on any atom is -0.370 e. The monoisotopic (exact) mass is 323 g/mol. The number of nitrogens with zero attached hydrogens (tertiary/aromatic N) is 1. The van der Waals surface area contributed by atoms with Crippen LogP contribution in [0.15, 0.2) is 17.5 Å². The zero-order valence-electron chi connectivity index (χ0n) is 13.0. The Hall–Kier alpha value is -0.460. The van der Waals surface area contributed by atoms with Crippen LogP contribution in [0, 0.1) is 5.92 Å². The molecule has 3 heterocycles. The Balaban J connectivity index is 1.28. The first kappa shape index (κ1) is 15.1. The van der Waals surface area contributed by atoms with Gasteiger partial charge in [-0.3, -0.25) is 4.90 Å². The third kappa shape index (κ3) is 3.24. The highest BCUT2D eigenvalue weighted by Crippen LogP contribution is 2.39. The van der Waals surface area contributed by atoms with Gasteiger partial charge in [-0.1, -0.05) is 6.07 Å². The van der Waals surface area contributed by atoms with Crippen molar-refractivity contribution in [2.24, 2.45) is 5.92 Å². The van der Waals surface area contributed by atoms with Crippen molar-refractivity contribution in [3.8, 4) is 0 Å². The van der Waals surface area contributed by atoms with Crippen LogP contribution in [-0.4, -0.2) is 50.1 Å². The van der Waals surface area contributed by atoms with Gasteiger partial charge in [0.15, 0.2) is 5.79 Å². The molecule has 1 spiro atoms. The van der Waals surface area contributed by atoms with Gasteiger partial charge < -0.3 is 14.2 Å². The van der Waals surface area contributed by atoms with Gasteiger partial charge in [-0.05, 0) is 30.2 Å². The maximum Gasteiger partial charge on any atom is 0.168 e. The topological polar surface area (TPSA) is 30.9 Å². The molecule has 0 aromatic carbocycles. The van der Waals surface area contributed by atoms with Gasteiger partial charge >= 0.3 is 0 Å². The second-order valence-corrected chi connectivity index (χ2v) is 7.66. The fourth-order valence-corrected chi connectivity index (χ4v) is 4.73. The molecule has 1 aromatic heterocycles. The van der Waals surface area contributed by atoms with E-state index in [0.29, 0.717) is 0 Å². The van der Waals surface area contributed by atoms with Crippen LogP contribution in [0.3, 0.4) is 0 Å². The molecule has 5 heteroatoms. The zero-order valence-corrected chi connectivity index (χ0v) is 13.9. The fourth-order valence-electron chi connectivity index (χ4n) is 3.97. The van der Waals surface area contributed by atoms with Gasteiger partial charge in [0.05, 0.1) is 19.8 Å². The Bertz CT molecular complexity index is 462. The molecule has 1 atom stereocenters. The lowest BCUT2D eigenvalue weighted by Gasteiger charge is -2.39. The van der Waals surface area contributed by atoms with Gasteiger partial charge in [0, 0.05) is 37.4 Å². The van der Waals surface area contributed by atoms with E-state index in [0.717, 1.165) is 51.7 Å². The smallest absolute Gasteiger partial charge is 0.168 e. The van der Waals surface area contributed by atoms with Crippen molar-refractivity contribution in [1.82, 2.24) is 4.90 Å². The highest BCUT2D eigenvalue weighted by molar-refractivity contribution is 7.10. The Morgan fingerprint density at radius 2 is 2.00 bits per heavy atom. The first-order valence-corrected chi connectivity index (χ1v) is 9.36. The molecule has 4 rings (SSSR count). The molecule has 0 radical (unpaired) electrons. The SMILES string of the molecule is c1csc([C@@H]2CN(CC3CCC4(CC3)OCCO4)CCO2)c1. The van der Waals surface area contributed by atoms with Crippen molar-refractivity contribution in [1.29, 1.82) is 0 Å². The number of thiophene rings is 1. The van der Waals surface area contributed by atoms with Gasteiger partial charge in [0.2, 0.25) is 0 Å². The summed E-state index contributed by atoms with van der Waals surface area (Å²) in [5, 5.41) is 2.14. The van der Waals surface area contributed by atoms with Crippen LogP contribution in [0.5, 0.6) is 0 Å². The van der Waals surface area contributed by atoms with Gasteiger partial charge in [0.1, 0.15) is 6.10 Å². The maximum absolute atomic E-state index is 5.95. The van der Waals surface area contributed by atoms with Crippen LogP contribution in [0.1, 0.15) is 36.7 Å². The third-order valence-electron chi connectivity index (χ3n) is 5.21. The van der Waals surface area contributed by atoms with Gasteiger partial charge in [0.25, 0.3) is 0 Å². The lowest BCUT2D eigenvalue weighted by Crippen LogP contribution is -2.43. The molecule has 0 unspecified atom stereocenters. The molecule has 3 fully saturated rings. The Labute approximate surface area is 136 Å². The van der Waals surface area contributed by atoms with Gasteiger partial charge in [-0.15, -0.1) is 11.3 Å². The molecule has 0 N–H and O–H groups in total. The third-order valence-corrected chi connectivity index (χ3v) is 6.17. The average molecular weight is 323 g/mol. The minimum absolute atomic E-state index is 0.221.